The molecule has 0 aliphatic rings. The average Bonchev–Trinajstić information content (AvgIpc) is 2.86. The highest BCUT2D eigenvalue weighted by atomic mass is 16.5. The Kier molecular flexibility index (Phi) is 5.80. The number of amides is 1. The van der Waals surface area contributed by atoms with E-state index in [0.717, 1.165) is 12.1 Å². The van der Waals surface area contributed by atoms with Crippen LogP contribution < -0.4 is 11.1 Å². The molecular weight excluding hydrogens is 232 g/mol. The predicted molar refractivity (Wildman–Crippen MR) is 69.0 cm³/mol. The van der Waals surface area contributed by atoms with Crippen LogP contribution in [0.4, 0.5) is 0 Å². The van der Waals surface area contributed by atoms with Crippen LogP contribution in [0.1, 0.15) is 38.0 Å². The molecule has 0 bridgehead atoms. The SMILES string of the molecule is CC[C@@H](N)c1cncn1C(C)C(=O)NCCOC. The number of rotatable bonds is 7. The Hall–Kier alpha value is -1.40. The summed E-state index contributed by atoms with van der Waals surface area (Å²) >= 11 is 0. The summed E-state index contributed by atoms with van der Waals surface area (Å²) in [7, 11) is 1.60. The molecule has 6 nitrogen and oxygen atoms in total. The van der Waals surface area contributed by atoms with Crippen LogP contribution in [0, 0.1) is 0 Å². The molecule has 0 radical (unpaired) electrons. The molecule has 6 heteroatoms. The van der Waals surface area contributed by atoms with Gasteiger partial charge < -0.3 is 20.4 Å². The molecule has 1 unspecified atom stereocenters. The summed E-state index contributed by atoms with van der Waals surface area (Å²) in [6.45, 7) is 4.84. The lowest BCUT2D eigenvalue weighted by atomic mass is 10.1. The first-order valence-corrected chi connectivity index (χ1v) is 6.15. The largest absolute Gasteiger partial charge is 0.383 e. The fraction of sp³-hybridized carbons (Fsp3) is 0.667. The number of carbonyl (C=O) groups is 1. The van der Waals surface area contributed by atoms with Crippen molar-refractivity contribution in [1.29, 1.82) is 0 Å². The van der Waals surface area contributed by atoms with Gasteiger partial charge in [0.15, 0.2) is 0 Å². The van der Waals surface area contributed by atoms with Crippen LogP contribution in [-0.4, -0.2) is 35.7 Å². The van der Waals surface area contributed by atoms with Gasteiger partial charge in [-0.2, -0.15) is 0 Å². The number of hydrogen-bond donors (Lipinski definition) is 2. The smallest absolute Gasteiger partial charge is 0.242 e. The molecule has 0 saturated heterocycles. The zero-order chi connectivity index (χ0) is 13.5. The maximum absolute atomic E-state index is 11.9. The minimum absolute atomic E-state index is 0.0606. The second-order valence-electron chi connectivity index (χ2n) is 4.20. The van der Waals surface area contributed by atoms with Crippen LogP contribution in [0.2, 0.25) is 0 Å². The molecule has 1 aromatic rings. The Morgan fingerprint density at radius 2 is 2.39 bits per heavy atom. The lowest BCUT2D eigenvalue weighted by Crippen LogP contribution is -2.34. The van der Waals surface area contributed by atoms with Crippen molar-refractivity contribution < 1.29 is 9.53 Å². The zero-order valence-electron chi connectivity index (χ0n) is 11.2. The molecule has 0 spiro atoms. The van der Waals surface area contributed by atoms with Gasteiger partial charge in [-0.25, -0.2) is 4.98 Å². The predicted octanol–water partition coefficient (Wildman–Crippen LogP) is 0.617. The Balaban J connectivity index is 2.68. The highest BCUT2D eigenvalue weighted by Gasteiger charge is 2.19. The monoisotopic (exact) mass is 254 g/mol. The summed E-state index contributed by atoms with van der Waals surface area (Å²) in [5, 5.41) is 2.80. The fourth-order valence-corrected chi connectivity index (χ4v) is 1.69. The molecule has 0 aliphatic carbocycles. The van der Waals surface area contributed by atoms with E-state index in [9.17, 15) is 4.79 Å². The fourth-order valence-electron chi connectivity index (χ4n) is 1.69. The summed E-state index contributed by atoms with van der Waals surface area (Å²) in [4.78, 5) is 16.0. The number of methoxy groups -OCH3 is 1. The van der Waals surface area contributed by atoms with E-state index in [1.807, 2.05) is 18.4 Å². The maximum Gasteiger partial charge on any atom is 0.242 e. The number of carbonyl (C=O) groups excluding carboxylic acids is 1. The number of imidazole rings is 1. The Bertz CT molecular complexity index is 378. The maximum atomic E-state index is 11.9. The van der Waals surface area contributed by atoms with E-state index in [1.54, 1.807) is 19.6 Å². The third-order valence-corrected chi connectivity index (χ3v) is 2.92. The van der Waals surface area contributed by atoms with E-state index in [1.165, 1.54) is 0 Å². The van der Waals surface area contributed by atoms with Crippen LogP contribution in [0.3, 0.4) is 0 Å². The Labute approximate surface area is 108 Å². The molecule has 102 valence electrons. The van der Waals surface area contributed by atoms with Gasteiger partial charge in [0.2, 0.25) is 5.91 Å². The van der Waals surface area contributed by atoms with E-state index >= 15 is 0 Å². The molecular formula is C12H22N4O2. The molecule has 3 N–H and O–H groups in total. The van der Waals surface area contributed by atoms with Crippen LogP contribution in [0.15, 0.2) is 12.5 Å². The molecule has 18 heavy (non-hydrogen) atoms. The zero-order valence-corrected chi connectivity index (χ0v) is 11.2. The molecule has 0 aliphatic heterocycles. The third-order valence-electron chi connectivity index (χ3n) is 2.92. The van der Waals surface area contributed by atoms with Crippen molar-refractivity contribution in [3.05, 3.63) is 18.2 Å². The summed E-state index contributed by atoms with van der Waals surface area (Å²) in [5.74, 6) is -0.0606. The van der Waals surface area contributed by atoms with Crippen LogP contribution in [-0.2, 0) is 9.53 Å². The third kappa shape index (κ3) is 3.54. The molecule has 0 saturated carbocycles. The molecule has 0 fully saturated rings. The topological polar surface area (TPSA) is 82.2 Å². The molecule has 1 rings (SSSR count). The van der Waals surface area contributed by atoms with Gasteiger partial charge in [0.1, 0.15) is 6.04 Å². The van der Waals surface area contributed by atoms with Crippen molar-refractivity contribution >= 4 is 5.91 Å². The van der Waals surface area contributed by atoms with Gasteiger partial charge in [0.05, 0.1) is 18.6 Å². The molecule has 1 amide bonds. The van der Waals surface area contributed by atoms with E-state index in [4.69, 9.17) is 10.5 Å². The number of nitrogens with two attached hydrogens (primary N) is 1. The van der Waals surface area contributed by atoms with E-state index in [0.29, 0.717) is 13.2 Å². The van der Waals surface area contributed by atoms with Gasteiger partial charge in [0, 0.05) is 25.9 Å². The van der Waals surface area contributed by atoms with Gasteiger partial charge in [0.25, 0.3) is 0 Å². The number of ether oxygens (including phenoxy) is 1. The number of nitrogens with zero attached hydrogens (tertiary/aromatic N) is 2. The first-order chi connectivity index (χ1) is 8.61. The van der Waals surface area contributed by atoms with E-state index in [2.05, 4.69) is 10.3 Å². The van der Waals surface area contributed by atoms with E-state index in [-0.39, 0.29) is 18.0 Å². The van der Waals surface area contributed by atoms with Crippen LogP contribution >= 0.6 is 0 Å². The highest BCUT2D eigenvalue weighted by Crippen LogP contribution is 2.17. The van der Waals surface area contributed by atoms with Crippen LogP contribution in [0.25, 0.3) is 0 Å². The van der Waals surface area contributed by atoms with Crippen molar-refractivity contribution in [1.82, 2.24) is 14.9 Å². The number of hydrogen-bond acceptors (Lipinski definition) is 4. The van der Waals surface area contributed by atoms with Crippen LogP contribution in [0.5, 0.6) is 0 Å². The molecule has 2 atom stereocenters. The van der Waals surface area contributed by atoms with Gasteiger partial charge in [-0.15, -0.1) is 0 Å². The lowest BCUT2D eigenvalue weighted by Gasteiger charge is -2.18. The quantitative estimate of drug-likeness (QED) is 0.699. The summed E-state index contributed by atoms with van der Waals surface area (Å²) < 4.78 is 6.70. The van der Waals surface area contributed by atoms with Gasteiger partial charge in [-0.1, -0.05) is 6.92 Å². The van der Waals surface area contributed by atoms with Crippen molar-refractivity contribution in [2.24, 2.45) is 5.73 Å². The first-order valence-electron chi connectivity index (χ1n) is 6.15. The van der Waals surface area contributed by atoms with Crippen molar-refractivity contribution in [3.8, 4) is 0 Å². The Morgan fingerprint density at radius 1 is 1.67 bits per heavy atom. The normalized spacial score (nSPS) is 14.2. The number of aromatic nitrogens is 2. The standard InChI is InChI=1S/C12H22N4O2/c1-4-10(13)11-7-14-8-16(11)9(2)12(17)15-5-6-18-3/h7-10H,4-6,13H2,1-3H3,(H,15,17)/t9?,10-/m1/s1. The molecule has 0 aromatic carbocycles. The van der Waals surface area contributed by atoms with Gasteiger partial charge in [-0.3, -0.25) is 4.79 Å². The van der Waals surface area contributed by atoms with Gasteiger partial charge in [-0.05, 0) is 13.3 Å². The molecule has 1 heterocycles. The van der Waals surface area contributed by atoms with E-state index < -0.39 is 0 Å². The van der Waals surface area contributed by atoms with Crippen molar-refractivity contribution in [2.45, 2.75) is 32.4 Å². The minimum atomic E-state index is -0.322. The summed E-state index contributed by atoms with van der Waals surface area (Å²) in [5.41, 5.74) is 6.87. The lowest BCUT2D eigenvalue weighted by molar-refractivity contribution is -0.124. The van der Waals surface area contributed by atoms with Crippen molar-refractivity contribution in [2.75, 3.05) is 20.3 Å². The summed E-state index contributed by atoms with van der Waals surface area (Å²) in [6.07, 6.45) is 4.17. The Morgan fingerprint density at radius 3 is 3.00 bits per heavy atom. The second kappa shape index (κ2) is 7.13. The van der Waals surface area contributed by atoms with Gasteiger partial charge >= 0.3 is 0 Å². The first kappa shape index (κ1) is 14.7. The molecule has 1 aromatic heterocycles. The highest BCUT2D eigenvalue weighted by molar-refractivity contribution is 5.79. The minimum Gasteiger partial charge on any atom is -0.383 e. The second-order valence-corrected chi connectivity index (χ2v) is 4.20. The summed E-state index contributed by atoms with van der Waals surface area (Å²) in [6, 6.07) is -0.418. The van der Waals surface area contributed by atoms with Crippen molar-refractivity contribution in [3.63, 3.8) is 0 Å². The number of nitrogens with one attached hydrogen (secondary N) is 1. The average molecular weight is 254 g/mol.